The molecule has 8 nitrogen and oxygen atoms in total. The van der Waals surface area contributed by atoms with Crippen molar-refractivity contribution in [3.05, 3.63) is 89.0 Å². The van der Waals surface area contributed by atoms with Crippen molar-refractivity contribution in [1.82, 2.24) is 20.2 Å². The van der Waals surface area contributed by atoms with Gasteiger partial charge in [0.05, 0.1) is 23.8 Å². The molecule has 0 aliphatic carbocycles. The molecule has 3 heterocycles. The summed E-state index contributed by atoms with van der Waals surface area (Å²) >= 11 is 0. The molecule has 37 heavy (non-hydrogen) atoms. The van der Waals surface area contributed by atoms with Crippen LogP contribution in [-0.4, -0.2) is 45.7 Å². The highest BCUT2D eigenvalue weighted by molar-refractivity contribution is 6.34. The molecule has 1 aromatic heterocycles. The predicted octanol–water partition coefficient (Wildman–Crippen LogP) is 3.36. The first-order valence-corrected chi connectivity index (χ1v) is 11.7. The summed E-state index contributed by atoms with van der Waals surface area (Å²) in [6.45, 7) is 0.705. The second-order valence-electron chi connectivity index (χ2n) is 8.82. The molecule has 2 aliphatic rings. The van der Waals surface area contributed by atoms with Crippen LogP contribution in [0.3, 0.4) is 0 Å². The maximum absolute atomic E-state index is 13.4. The quantitative estimate of drug-likeness (QED) is 0.340. The molecule has 1 unspecified atom stereocenters. The van der Waals surface area contributed by atoms with Gasteiger partial charge >= 0.3 is 0 Å². The van der Waals surface area contributed by atoms with E-state index in [2.05, 4.69) is 20.6 Å². The second kappa shape index (κ2) is 10.2. The van der Waals surface area contributed by atoms with Crippen LogP contribution in [0, 0.1) is 17.6 Å². The molecule has 3 N–H and O–H groups in total. The number of amides is 3. The first kappa shape index (κ1) is 24.1. The Bertz CT molecular complexity index is 1430. The molecule has 10 heteroatoms. The highest BCUT2D eigenvalue weighted by Gasteiger charge is 2.36. The molecule has 0 saturated carbocycles. The van der Waals surface area contributed by atoms with Crippen LogP contribution in [0.25, 0.3) is 17.7 Å². The van der Waals surface area contributed by atoms with E-state index in [1.165, 1.54) is 11.0 Å². The van der Waals surface area contributed by atoms with Crippen molar-refractivity contribution >= 4 is 41.1 Å². The van der Waals surface area contributed by atoms with Crippen molar-refractivity contribution in [2.75, 3.05) is 18.4 Å². The summed E-state index contributed by atoms with van der Waals surface area (Å²) in [5.74, 6) is -3.64. The van der Waals surface area contributed by atoms with Crippen LogP contribution in [0.15, 0.2) is 55.0 Å². The van der Waals surface area contributed by atoms with E-state index >= 15 is 0 Å². The van der Waals surface area contributed by atoms with Crippen molar-refractivity contribution in [3.8, 4) is 0 Å². The van der Waals surface area contributed by atoms with Crippen LogP contribution < -0.4 is 10.6 Å². The molecule has 1 saturated heterocycles. The Hall–Kier alpha value is -4.60. The molecule has 188 valence electrons. The number of imidazole rings is 1. The molecule has 1 atom stereocenters. The maximum Gasteiger partial charge on any atom is 0.256 e. The number of hydrogen-bond donors (Lipinski definition) is 3. The third-order valence-electron chi connectivity index (χ3n) is 6.32. The number of nitrogens with zero attached hydrogens (tertiary/aromatic N) is 2. The maximum atomic E-state index is 13.4. The lowest BCUT2D eigenvalue weighted by Gasteiger charge is -2.16. The number of carbonyl (C=O) groups is 3. The van der Waals surface area contributed by atoms with E-state index < -0.39 is 17.6 Å². The number of anilines is 1. The van der Waals surface area contributed by atoms with Crippen molar-refractivity contribution in [3.63, 3.8) is 0 Å². The zero-order valence-electron chi connectivity index (χ0n) is 19.6. The second-order valence-corrected chi connectivity index (χ2v) is 8.82. The van der Waals surface area contributed by atoms with E-state index in [1.807, 2.05) is 24.3 Å². The van der Waals surface area contributed by atoms with Crippen molar-refractivity contribution in [1.29, 1.82) is 0 Å². The summed E-state index contributed by atoms with van der Waals surface area (Å²) in [6, 6.07) is 9.07. The Balaban J connectivity index is 1.15. The Kier molecular flexibility index (Phi) is 6.63. The zero-order valence-corrected chi connectivity index (χ0v) is 19.6. The average molecular weight is 504 g/mol. The smallest absolute Gasteiger partial charge is 0.256 e. The molecular weight excluding hydrogens is 480 g/mol. The van der Waals surface area contributed by atoms with Gasteiger partial charge in [-0.3, -0.25) is 14.4 Å². The van der Waals surface area contributed by atoms with Crippen molar-refractivity contribution < 1.29 is 23.2 Å². The Labute approximate surface area is 211 Å². The molecule has 0 bridgehead atoms. The number of aromatic amines is 1. The Morgan fingerprint density at radius 1 is 1.16 bits per heavy atom. The number of carbonyl (C=O) groups excluding carboxylic acids is 3. The van der Waals surface area contributed by atoms with Gasteiger partial charge in [-0.15, -0.1) is 0 Å². The molecule has 2 aromatic carbocycles. The number of halogens is 2. The van der Waals surface area contributed by atoms with Crippen LogP contribution in [0.2, 0.25) is 0 Å². The van der Waals surface area contributed by atoms with Gasteiger partial charge in [-0.1, -0.05) is 30.4 Å². The number of hydrogen-bond acceptors (Lipinski definition) is 4. The first-order chi connectivity index (χ1) is 17.9. The number of likely N-dealkylation sites (tertiary alicyclic amines) is 1. The summed E-state index contributed by atoms with van der Waals surface area (Å²) in [7, 11) is 0. The van der Waals surface area contributed by atoms with Crippen LogP contribution in [-0.2, 0) is 20.9 Å². The predicted molar refractivity (Wildman–Crippen MR) is 133 cm³/mol. The van der Waals surface area contributed by atoms with Crippen molar-refractivity contribution in [2.24, 2.45) is 5.92 Å². The SMILES string of the molecule is O=C1Nc2cc(/C=C/CNC(=O)C3CCN(Cc4ccc(F)c(F)c4)C3=O)ccc2C1=Cc1cnc[nH]1. The normalized spacial score (nSPS) is 18.1. The van der Waals surface area contributed by atoms with Crippen LogP contribution in [0.5, 0.6) is 0 Å². The van der Waals surface area contributed by atoms with E-state index in [0.29, 0.717) is 29.8 Å². The number of benzene rings is 2. The standard InChI is InChI=1S/C27H23F2N5O3/c28-22-6-4-17(10-23(22)29)14-34-9-7-20(27(34)37)25(35)31-8-1-2-16-3-5-19-21(12-18-13-30-15-32-18)26(36)33-24(19)11-16/h1-6,10-13,15,20H,7-9,14H2,(H,30,32)(H,31,35)(H,33,36)/b2-1+,21-12?. The van der Waals surface area contributed by atoms with Crippen LogP contribution in [0.4, 0.5) is 14.5 Å². The number of aromatic nitrogens is 2. The van der Waals surface area contributed by atoms with E-state index in [1.54, 1.807) is 24.7 Å². The minimum atomic E-state index is -0.970. The molecule has 0 spiro atoms. The first-order valence-electron chi connectivity index (χ1n) is 11.7. The van der Waals surface area contributed by atoms with Gasteiger partial charge in [0, 0.05) is 30.9 Å². The van der Waals surface area contributed by atoms with Gasteiger partial charge in [0.2, 0.25) is 11.8 Å². The monoisotopic (exact) mass is 503 g/mol. The minimum Gasteiger partial charge on any atom is -0.352 e. The molecule has 1 fully saturated rings. The van der Waals surface area contributed by atoms with Gasteiger partial charge < -0.3 is 20.5 Å². The summed E-state index contributed by atoms with van der Waals surface area (Å²) < 4.78 is 26.6. The fourth-order valence-corrected chi connectivity index (χ4v) is 4.44. The highest BCUT2D eigenvalue weighted by atomic mass is 19.2. The Morgan fingerprint density at radius 2 is 2.03 bits per heavy atom. The lowest BCUT2D eigenvalue weighted by molar-refractivity contribution is -0.138. The highest BCUT2D eigenvalue weighted by Crippen LogP contribution is 2.33. The van der Waals surface area contributed by atoms with E-state index in [-0.39, 0.29) is 30.8 Å². The molecule has 3 amide bonds. The van der Waals surface area contributed by atoms with Crippen molar-refractivity contribution in [2.45, 2.75) is 13.0 Å². The number of fused-ring (bicyclic) bond motifs is 1. The lowest BCUT2D eigenvalue weighted by atomic mass is 10.0. The van der Waals surface area contributed by atoms with Crippen LogP contribution >= 0.6 is 0 Å². The van der Waals surface area contributed by atoms with Gasteiger partial charge in [0.15, 0.2) is 11.6 Å². The Morgan fingerprint density at radius 3 is 2.81 bits per heavy atom. The fraction of sp³-hybridized carbons (Fsp3) is 0.185. The van der Waals surface area contributed by atoms with Crippen LogP contribution in [0.1, 0.15) is 28.8 Å². The van der Waals surface area contributed by atoms with Gasteiger partial charge in [-0.2, -0.15) is 0 Å². The fourth-order valence-electron chi connectivity index (χ4n) is 4.44. The van der Waals surface area contributed by atoms with Gasteiger partial charge in [0.1, 0.15) is 5.92 Å². The average Bonchev–Trinajstić information content (AvgIpc) is 3.60. The molecule has 0 radical (unpaired) electrons. The summed E-state index contributed by atoms with van der Waals surface area (Å²) in [5, 5.41) is 5.60. The van der Waals surface area contributed by atoms with E-state index in [4.69, 9.17) is 0 Å². The molecular formula is C27H23F2N5O3. The summed E-state index contributed by atoms with van der Waals surface area (Å²) in [4.78, 5) is 46.0. The van der Waals surface area contributed by atoms with Gasteiger partial charge in [-0.05, 0) is 41.8 Å². The number of rotatable bonds is 7. The van der Waals surface area contributed by atoms with Gasteiger partial charge in [-0.25, -0.2) is 13.8 Å². The lowest BCUT2D eigenvalue weighted by Crippen LogP contribution is -2.36. The molecule has 2 aliphatic heterocycles. The summed E-state index contributed by atoms with van der Waals surface area (Å²) in [5.41, 5.74) is 4.06. The third-order valence-corrected chi connectivity index (χ3v) is 6.32. The number of H-pyrrole nitrogens is 1. The molecule has 5 rings (SSSR count). The largest absolute Gasteiger partial charge is 0.352 e. The number of nitrogens with one attached hydrogen (secondary N) is 3. The third kappa shape index (κ3) is 5.18. The van der Waals surface area contributed by atoms with Gasteiger partial charge in [0.25, 0.3) is 5.91 Å². The minimum absolute atomic E-state index is 0.118. The molecule has 3 aromatic rings. The van der Waals surface area contributed by atoms with E-state index in [0.717, 1.165) is 29.0 Å². The van der Waals surface area contributed by atoms with E-state index in [9.17, 15) is 23.2 Å². The topological polar surface area (TPSA) is 107 Å². The zero-order chi connectivity index (χ0) is 25.9. The summed E-state index contributed by atoms with van der Waals surface area (Å²) in [6.07, 6.45) is 8.85.